The normalized spacial score (nSPS) is 15.4. The number of piperazine rings is 1. The second-order valence-electron chi connectivity index (χ2n) is 7.93. The molecule has 3 N–H and O–H groups in total. The van der Waals surface area contributed by atoms with Crippen LogP contribution in [-0.4, -0.2) is 63.9 Å². The van der Waals surface area contributed by atoms with E-state index in [1.807, 2.05) is 13.0 Å². The van der Waals surface area contributed by atoms with Crippen molar-refractivity contribution < 1.29 is 15.0 Å². The van der Waals surface area contributed by atoms with E-state index in [0.29, 0.717) is 36.9 Å². The molecule has 1 aliphatic heterocycles. The summed E-state index contributed by atoms with van der Waals surface area (Å²) >= 11 is 1.49. The minimum absolute atomic E-state index is 0.141. The SMILES string of the molecule is Cc1cc2nc(NC(=O)N3CCN(c4ncc([C@H](O)CO)cc4C)CC3)sc2cc1C. The third kappa shape index (κ3) is 4.48. The number of hydrogen-bond acceptors (Lipinski definition) is 7. The highest BCUT2D eigenvalue weighted by molar-refractivity contribution is 7.22. The van der Waals surface area contributed by atoms with Gasteiger partial charge in [0.25, 0.3) is 0 Å². The fraction of sp³-hybridized carbons (Fsp3) is 0.409. The second kappa shape index (κ2) is 8.78. The van der Waals surface area contributed by atoms with Gasteiger partial charge in [-0.25, -0.2) is 14.8 Å². The average molecular weight is 442 g/mol. The van der Waals surface area contributed by atoms with Crippen LogP contribution in [0.3, 0.4) is 0 Å². The lowest BCUT2D eigenvalue weighted by molar-refractivity contribution is 0.0953. The number of rotatable bonds is 4. The third-order valence-electron chi connectivity index (χ3n) is 5.71. The molecule has 2 amide bonds. The number of carbonyl (C=O) groups excluding carboxylic acids is 1. The molecule has 0 bridgehead atoms. The molecule has 0 aliphatic carbocycles. The number of aliphatic hydroxyl groups excluding tert-OH is 2. The molecule has 1 atom stereocenters. The number of fused-ring (bicyclic) bond motifs is 1. The number of aromatic nitrogens is 2. The van der Waals surface area contributed by atoms with Crippen molar-refractivity contribution in [3.63, 3.8) is 0 Å². The minimum Gasteiger partial charge on any atom is -0.393 e. The van der Waals surface area contributed by atoms with Crippen molar-refractivity contribution in [1.82, 2.24) is 14.9 Å². The van der Waals surface area contributed by atoms with E-state index in [1.54, 1.807) is 11.1 Å². The number of hydrogen-bond donors (Lipinski definition) is 3. The number of aliphatic hydroxyl groups is 2. The summed E-state index contributed by atoms with van der Waals surface area (Å²) in [6.07, 6.45) is 0.676. The number of nitrogens with one attached hydrogen (secondary N) is 1. The van der Waals surface area contributed by atoms with Crippen molar-refractivity contribution in [3.05, 3.63) is 46.6 Å². The van der Waals surface area contributed by atoms with E-state index in [0.717, 1.165) is 21.6 Å². The van der Waals surface area contributed by atoms with Gasteiger partial charge in [-0.3, -0.25) is 5.32 Å². The molecule has 1 fully saturated rings. The summed E-state index contributed by atoms with van der Waals surface area (Å²) in [6.45, 7) is 8.24. The Morgan fingerprint density at radius 1 is 1.13 bits per heavy atom. The Morgan fingerprint density at radius 3 is 2.52 bits per heavy atom. The molecule has 2 aromatic heterocycles. The number of aryl methyl sites for hydroxylation is 3. The van der Waals surface area contributed by atoms with Gasteiger partial charge in [-0.05, 0) is 55.7 Å². The molecule has 0 spiro atoms. The molecule has 8 nitrogen and oxygen atoms in total. The lowest BCUT2D eigenvalue weighted by Gasteiger charge is -2.35. The number of amides is 2. The maximum atomic E-state index is 12.7. The van der Waals surface area contributed by atoms with Crippen LogP contribution >= 0.6 is 11.3 Å². The summed E-state index contributed by atoms with van der Waals surface area (Å²) in [7, 11) is 0. The fourth-order valence-electron chi connectivity index (χ4n) is 3.73. The molecule has 1 saturated heterocycles. The van der Waals surface area contributed by atoms with E-state index >= 15 is 0 Å². The molecule has 0 unspecified atom stereocenters. The van der Waals surface area contributed by atoms with E-state index in [9.17, 15) is 9.90 Å². The molecule has 3 heterocycles. The van der Waals surface area contributed by atoms with Gasteiger partial charge in [0, 0.05) is 37.9 Å². The third-order valence-corrected chi connectivity index (χ3v) is 6.65. The number of anilines is 2. The summed E-state index contributed by atoms with van der Waals surface area (Å²) in [4.78, 5) is 25.7. The molecular formula is C22H27N5O3S. The van der Waals surface area contributed by atoms with Gasteiger partial charge in [0.1, 0.15) is 11.9 Å². The first-order chi connectivity index (χ1) is 14.9. The number of nitrogens with zero attached hydrogens (tertiary/aromatic N) is 4. The molecule has 0 radical (unpaired) electrons. The number of thiazole rings is 1. The van der Waals surface area contributed by atoms with E-state index < -0.39 is 6.10 Å². The largest absolute Gasteiger partial charge is 0.393 e. The predicted molar refractivity (Wildman–Crippen MR) is 123 cm³/mol. The molecule has 0 saturated carbocycles. The number of pyridine rings is 1. The van der Waals surface area contributed by atoms with Crippen LogP contribution in [0.1, 0.15) is 28.4 Å². The highest BCUT2D eigenvalue weighted by Crippen LogP contribution is 2.29. The second-order valence-corrected chi connectivity index (χ2v) is 8.97. The highest BCUT2D eigenvalue weighted by Gasteiger charge is 2.24. The molecule has 1 aliphatic rings. The van der Waals surface area contributed by atoms with E-state index in [2.05, 4.69) is 46.2 Å². The molecule has 3 aromatic rings. The maximum Gasteiger partial charge on any atom is 0.323 e. The Bertz CT molecular complexity index is 1070. The first-order valence-electron chi connectivity index (χ1n) is 10.3. The number of carbonyl (C=O) groups is 1. The molecule has 9 heteroatoms. The van der Waals surface area contributed by atoms with Crippen LogP contribution in [-0.2, 0) is 0 Å². The monoisotopic (exact) mass is 441 g/mol. The lowest BCUT2D eigenvalue weighted by Crippen LogP contribution is -2.50. The zero-order chi connectivity index (χ0) is 22.1. The molecule has 31 heavy (non-hydrogen) atoms. The Kier molecular flexibility index (Phi) is 6.08. The van der Waals surface area contributed by atoms with Gasteiger partial charge in [-0.15, -0.1) is 0 Å². The van der Waals surface area contributed by atoms with E-state index in [4.69, 9.17) is 5.11 Å². The zero-order valence-corrected chi connectivity index (χ0v) is 18.7. The van der Waals surface area contributed by atoms with Gasteiger partial charge in [0.15, 0.2) is 5.13 Å². The van der Waals surface area contributed by atoms with Crippen LogP contribution in [0.2, 0.25) is 0 Å². The summed E-state index contributed by atoms with van der Waals surface area (Å²) < 4.78 is 1.07. The van der Waals surface area contributed by atoms with Gasteiger partial charge < -0.3 is 20.0 Å². The van der Waals surface area contributed by atoms with Crippen molar-refractivity contribution >= 4 is 38.5 Å². The number of benzene rings is 1. The van der Waals surface area contributed by atoms with Gasteiger partial charge in [0.05, 0.1) is 16.8 Å². The number of urea groups is 1. The van der Waals surface area contributed by atoms with Crippen LogP contribution in [0.5, 0.6) is 0 Å². The standard InChI is InChI=1S/C22H27N5O3S/c1-13-9-17-19(10-14(13)2)31-21(24-17)25-22(30)27-6-4-26(5-7-27)20-15(3)8-16(11-23-20)18(29)12-28/h8-11,18,28-29H,4-7,12H2,1-3H3,(H,24,25,30)/t18-/m1/s1. The van der Waals surface area contributed by atoms with Crippen molar-refractivity contribution in [2.45, 2.75) is 26.9 Å². The topological polar surface area (TPSA) is 102 Å². The minimum atomic E-state index is -0.920. The Balaban J connectivity index is 1.38. The summed E-state index contributed by atoms with van der Waals surface area (Å²) in [5, 5.41) is 22.5. The van der Waals surface area contributed by atoms with Gasteiger partial charge >= 0.3 is 6.03 Å². The zero-order valence-electron chi connectivity index (χ0n) is 17.9. The van der Waals surface area contributed by atoms with Crippen LogP contribution < -0.4 is 10.2 Å². The Morgan fingerprint density at radius 2 is 1.84 bits per heavy atom. The average Bonchev–Trinajstić information content (AvgIpc) is 3.14. The van der Waals surface area contributed by atoms with E-state index in [-0.39, 0.29) is 12.6 Å². The van der Waals surface area contributed by atoms with E-state index in [1.165, 1.54) is 22.5 Å². The molecule has 4 rings (SSSR count). The first-order valence-corrected chi connectivity index (χ1v) is 11.1. The Labute approximate surface area is 185 Å². The first kappa shape index (κ1) is 21.5. The van der Waals surface area contributed by atoms with Crippen LogP contribution in [0.15, 0.2) is 24.4 Å². The van der Waals surface area contributed by atoms with Crippen molar-refractivity contribution in [2.75, 3.05) is 43.0 Å². The maximum absolute atomic E-state index is 12.7. The van der Waals surface area contributed by atoms with Crippen LogP contribution in [0, 0.1) is 20.8 Å². The van der Waals surface area contributed by atoms with Gasteiger partial charge in [-0.1, -0.05) is 11.3 Å². The van der Waals surface area contributed by atoms with Crippen molar-refractivity contribution in [3.8, 4) is 0 Å². The fourth-order valence-corrected chi connectivity index (χ4v) is 4.67. The summed E-state index contributed by atoms with van der Waals surface area (Å²) in [6, 6.07) is 5.86. The molecule has 1 aromatic carbocycles. The van der Waals surface area contributed by atoms with Crippen molar-refractivity contribution in [2.24, 2.45) is 0 Å². The lowest BCUT2D eigenvalue weighted by atomic mass is 10.1. The highest BCUT2D eigenvalue weighted by atomic mass is 32.1. The Hall–Kier alpha value is -2.75. The van der Waals surface area contributed by atoms with Crippen molar-refractivity contribution in [1.29, 1.82) is 0 Å². The van der Waals surface area contributed by atoms with Crippen LogP contribution in [0.25, 0.3) is 10.2 Å². The predicted octanol–water partition coefficient (Wildman–Crippen LogP) is 3.00. The molecular weight excluding hydrogens is 414 g/mol. The summed E-state index contributed by atoms with van der Waals surface area (Å²) in [5.74, 6) is 0.839. The van der Waals surface area contributed by atoms with Crippen LogP contribution in [0.4, 0.5) is 15.7 Å². The van der Waals surface area contributed by atoms with Gasteiger partial charge in [0.2, 0.25) is 0 Å². The van der Waals surface area contributed by atoms with Gasteiger partial charge in [-0.2, -0.15) is 0 Å². The quantitative estimate of drug-likeness (QED) is 0.575. The summed E-state index contributed by atoms with van der Waals surface area (Å²) in [5.41, 5.74) is 4.85. The molecule has 164 valence electrons. The smallest absolute Gasteiger partial charge is 0.323 e.